The van der Waals surface area contributed by atoms with E-state index in [2.05, 4.69) is 9.88 Å². The van der Waals surface area contributed by atoms with Crippen LogP contribution in [0, 0.1) is 5.92 Å². The van der Waals surface area contributed by atoms with Gasteiger partial charge in [0.25, 0.3) is 0 Å². The lowest BCUT2D eigenvalue weighted by atomic mass is 10.1. The van der Waals surface area contributed by atoms with Gasteiger partial charge in [-0.05, 0) is 32.9 Å². The van der Waals surface area contributed by atoms with Crippen molar-refractivity contribution in [3.05, 3.63) is 18.3 Å². The smallest absolute Gasteiger partial charge is 0.410 e. The highest BCUT2D eigenvalue weighted by molar-refractivity contribution is 5.99. The third-order valence-corrected chi connectivity index (χ3v) is 4.77. The highest BCUT2D eigenvalue weighted by atomic mass is 16.6. The molecule has 0 radical (unpaired) electrons. The van der Waals surface area contributed by atoms with Crippen LogP contribution in [0.15, 0.2) is 18.3 Å². The SMILES string of the molecule is CC(C)(C)OC(=O)N1CCN(c2ccc(N3CC(C(=O)O)CC3=O)cn2)CC1. The number of carboxylic acid groups (broad SMARTS) is 1. The van der Waals surface area contributed by atoms with E-state index in [-0.39, 0.29) is 25.0 Å². The minimum Gasteiger partial charge on any atom is -0.481 e. The van der Waals surface area contributed by atoms with Gasteiger partial charge in [-0.15, -0.1) is 0 Å². The van der Waals surface area contributed by atoms with Crippen LogP contribution in [0.25, 0.3) is 0 Å². The van der Waals surface area contributed by atoms with Crippen LogP contribution in [0.1, 0.15) is 27.2 Å². The Hall–Kier alpha value is -2.84. The van der Waals surface area contributed by atoms with E-state index in [9.17, 15) is 14.4 Å². The average Bonchev–Trinajstić information content (AvgIpc) is 3.03. The number of nitrogens with zero attached hydrogens (tertiary/aromatic N) is 4. The molecule has 2 saturated heterocycles. The van der Waals surface area contributed by atoms with Crippen LogP contribution >= 0.6 is 0 Å². The molecule has 2 aliphatic heterocycles. The Kier molecular flexibility index (Phi) is 5.44. The number of hydrogen-bond donors (Lipinski definition) is 1. The Morgan fingerprint density at radius 2 is 1.86 bits per heavy atom. The fraction of sp³-hybridized carbons (Fsp3) is 0.579. The molecule has 9 nitrogen and oxygen atoms in total. The Labute approximate surface area is 163 Å². The summed E-state index contributed by atoms with van der Waals surface area (Å²) in [5, 5.41) is 9.09. The van der Waals surface area contributed by atoms with Crippen molar-refractivity contribution in [2.24, 2.45) is 5.92 Å². The fourth-order valence-electron chi connectivity index (χ4n) is 3.29. The van der Waals surface area contributed by atoms with Gasteiger partial charge in [-0.1, -0.05) is 0 Å². The van der Waals surface area contributed by atoms with E-state index in [1.165, 1.54) is 4.90 Å². The number of carbonyl (C=O) groups excluding carboxylic acids is 2. The van der Waals surface area contributed by atoms with Crippen molar-refractivity contribution in [1.29, 1.82) is 0 Å². The zero-order valence-corrected chi connectivity index (χ0v) is 16.4. The molecule has 0 aliphatic carbocycles. The predicted molar refractivity (Wildman–Crippen MR) is 102 cm³/mol. The second kappa shape index (κ2) is 7.65. The van der Waals surface area contributed by atoms with Gasteiger partial charge in [0.1, 0.15) is 11.4 Å². The topological polar surface area (TPSA) is 103 Å². The maximum Gasteiger partial charge on any atom is 0.410 e. The van der Waals surface area contributed by atoms with Gasteiger partial charge >= 0.3 is 12.1 Å². The molecule has 1 unspecified atom stereocenters. The number of anilines is 2. The van der Waals surface area contributed by atoms with E-state index in [4.69, 9.17) is 9.84 Å². The number of hydrogen-bond acceptors (Lipinski definition) is 6. The van der Waals surface area contributed by atoms with Gasteiger partial charge in [-0.3, -0.25) is 9.59 Å². The molecule has 9 heteroatoms. The molecule has 1 aromatic rings. The van der Waals surface area contributed by atoms with Gasteiger partial charge in [-0.2, -0.15) is 0 Å². The molecule has 1 N–H and O–H groups in total. The first kappa shape index (κ1) is 19.9. The maximum absolute atomic E-state index is 12.1. The van der Waals surface area contributed by atoms with E-state index in [0.29, 0.717) is 31.9 Å². The monoisotopic (exact) mass is 390 g/mol. The zero-order chi connectivity index (χ0) is 20.5. The summed E-state index contributed by atoms with van der Waals surface area (Å²) in [6.07, 6.45) is 1.30. The van der Waals surface area contributed by atoms with E-state index >= 15 is 0 Å². The second-order valence-electron chi connectivity index (χ2n) is 8.07. The number of aromatic nitrogens is 1. The number of amides is 2. The minimum absolute atomic E-state index is 0.0176. The van der Waals surface area contributed by atoms with E-state index in [0.717, 1.165) is 5.82 Å². The largest absolute Gasteiger partial charge is 0.481 e. The van der Waals surface area contributed by atoms with Crippen molar-refractivity contribution < 1.29 is 24.2 Å². The maximum atomic E-state index is 12.1. The van der Waals surface area contributed by atoms with Crippen molar-refractivity contribution >= 4 is 29.5 Å². The van der Waals surface area contributed by atoms with Crippen molar-refractivity contribution in [3.63, 3.8) is 0 Å². The molecule has 3 heterocycles. The Morgan fingerprint density at radius 3 is 2.36 bits per heavy atom. The molecule has 2 aliphatic rings. The molecule has 1 atom stereocenters. The highest BCUT2D eigenvalue weighted by Crippen LogP contribution is 2.26. The summed E-state index contributed by atoms with van der Waals surface area (Å²) in [7, 11) is 0. The number of pyridine rings is 1. The zero-order valence-electron chi connectivity index (χ0n) is 16.4. The quantitative estimate of drug-likeness (QED) is 0.836. The van der Waals surface area contributed by atoms with Crippen molar-refractivity contribution in [1.82, 2.24) is 9.88 Å². The van der Waals surface area contributed by atoms with Crippen molar-refractivity contribution in [2.45, 2.75) is 32.8 Å². The van der Waals surface area contributed by atoms with Gasteiger partial charge in [0.15, 0.2) is 0 Å². The van der Waals surface area contributed by atoms with E-state index < -0.39 is 17.5 Å². The van der Waals surface area contributed by atoms with Crippen LogP contribution in [0.5, 0.6) is 0 Å². The third-order valence-electron chi connectivity index (χ3n) is 4.77. The molecule has 152 valence electrons. The van der Waals surface area contributed by atoms with E-state index in [1.807, 2.05) is 26.8 Å². The summed E-state index contributed by atoms with van der Waals surface area (Å²) in [6.45, 7) is 8.06. The van der Waals surface area contributed by atoms with Gasteiger partial charge in [-0.25, -0.2) is 9.78 Å². The number of piperazine rings is 1. The molecule has 1 aromatic heterocycles. The first-order valence-electron chi connectivity index (χ1n) is 9.36. The summed E-state index contributed by atoms with van der Waals surface area (Å²) < 4.78 is 5.40. The highest BCUT2D eigenvalue weighted by Gasteiger charge is 2.35. The molecule has 2 fully saturated rings. The molecule has 0 spiro atoms. The summed E-state index contributed by atoms with van der Waals surface area (Å²) in [6, 6.07) is 3.60. The minimum atomic E-state index is -0.955. The van der Waals surface area contributed by atoms with Crippen LogP contribution in [0.3, 0.4) is 0 Å². The standard InChI is InChI=1S/C19H26N4O5/c1-19(2,3)28-18(27)22-8-6-21(7-9-22)15-5-4-14(11-20-15)23-12-13(17(25)26)10-16(23)24/h4-5,11,13H,6-10,12H2,1-3H3,(H,25,26). The van der Waals surface area contributed by atoms with Gasteiger partial charge in [0.2, 0.25) is 5.91 Å². The van der Waals surface area contributed by atoms with Crippen molar-refractivity contribution in [2.75, 3.05) is 42.5 Å². The number of ether oxygens (including phenoxy) is 1. The summed E-state index contributed by atoms with van der Waals surface area (Å²) >= 11 is 0. The number of rotatable bonds is 3. The van der Waals surface area contributed by atoms with Gasteiger partial charge in [0.05, 0.1) is 17.8 Å². The first-order valence-corrected chi connectivity index (χ1v) is 9.36. The molecule has 0 saturated carbocycles. The average molecular weight is 390 g/mol. The lowest BCUT2D eigenvalue weighted by molar-refractivity contribution is -0.141. The van der Waals surface area contributed by atoms with E-state index in [1.54, 1.807) is 17.2 Å². The molecule has 3 rings (SSSR count). The normalized spacial score (nSPS) is 20.5. The van der Waals surface area contributed by atoms with Crippen LogP contribution in [-0.4, -0.2) is 71.3 Å². The second-order valence-corrected chi connectivity index (χ2v) is 8.07. The number of carboxylic acids is 1. The molecular weight excluding hydrogens is 364 g/mol. The lowest BCUT2D eigenvalue weighted by Gasteiger charge is -2.36. The van der Waals surface area contributed by atoms with Crippen LogP contribution < -0.4 is 9.80 Å². The lowest BCUT2D eigenvalue weighted by Crippen LogP contribution is -2.50. The summed E-state index contributed by atoms with van der Waals surface area (Å²) in [4.78, 5) is 44.9. The molecule has 28 heavy (non-hydrogen) atoms. The molecule has 2 amide bonds. The Balaban J connectivity index is 1.57. The van der Waals surface area contributed by atoms with Gasteiger partial charge in [0, 0.05) is 39.1 Å². The Bertz CT molecular complexity index is 751. The number of aliphatic carboxylic acids is 1. The number of carbonyl (C=O) groups is 3. The summed E-state index contributed by atoms with van der Waals surface area (Å²) in [5.74, 6) is -1.07. The van der Waals surface area contributed by atoms with Gasteiger partial charge < -0.3 is 24.5 Å². The van der Waals surface area contributed by atoms with Crippen LogP contribution in [-0.2, 0) is 14.3 Å². The van der Waals surface area contributed by atoms with Crippen molar-refractivity contribution in [3.8, 4) is 0 Å². The summed E-state index contributed by atoms with van der Waals surface area (Å²) in [5.41, 5.74) is 0.0861. The molecule has 0 aromatic carbocycles. The Morgan fingerprint density at radius 1 is 1.18 bits per heavy atom. The third kappa shape index (κ3) is 4.52. The fourth-order valence-corrected chi connectivity index (χ4v) is 3.29. The molecule has 0 bridgehead atoms. The molecular formula is C19H26N4O5. The predicted octanol–water partition coefficient (Wildman–Crippen LogP) is 1.58. The first-order chi connectivity index (χ1) is 13.1. The van der Waals surface area contributed by atoms with Crippen LogP contribution in [0.4, 0.5) is 16.3 Å². The van der Waals surface area contributed by atoms with Crippen LogP contribution in [0.2, 0.25) is 0 Å².